The van der Waals surface area contributed by atoms with Gasteiger partial charge in [-0.05, 0) is 32.6 Å². The second-order valence-electron chi connectivity index (χ2n) is 5.65. The van der Waals surface area contributed by atoms with E-state index in [1.54, 1.807) is 0 Å². The first-order valence-electron chi connectivity index (χ1n) is 7.19. The van der Waals surface area contributed by atoms with E-state index in [9.17, 15) is 9.59 Å². The van der Waals surface area contributed by atoms with Crippen LogP contribution < -0.4 is 0 Å². The molecular formula is C14H23NO4. The highest BCUT2D eigenvalue weighted by atomic mass is 16.5. The molecule has 0 saturated carbocycles. The minimum absolute atomic E-state index is 0.0143. The second-order valence-corrected chi connectivity index (χ2v) is 5.65. The van der Waals surface area contributed by atoms with Crippen LogP contribution in [0.5, 0.6) is 0 Å². The van der Waals surface area contributed by atoms with Crippen LogP contribution in [0.4, 0.5) is 0 Å². The van der Waals surface area contributed by atoms with E-state index in [4.69, 9.17) is 9.84 Å². The summed E-state index contributed by atoms with van der Waals surface area (Å²) in [5.41, 5.74) is 0. The molecule has 2 saturated heterocycles. The summed E-state index contributed by atoms with van der Waals surface area (Å²) in [6, 6.07) is 0.0143. The fourth-order valence-electron chi connectivity index (χ4n) is 3.27. The maximum Gasteiger partial charge on any atom is 0.306 e. The van der Waals surface area contributed by atoms with E-state index in [0.29, 0.717) is 26.0 Å². The number of ether oxygens (including phenoxy) is 1. The zero-order valence-corrected chi connectivity index (χ0v) is 11.7. The zero-order valence-electron chi connectivity index (χ0n) is 11.7. The fourth-order valence-corrected chi connectivity index (χ4v) is 3.27. The summed E-state index contributed by atoms with van der Waals surface area (Å²) in [7, 11) is 0. The predicted octanol–water partition coefficient (Wildman–Crippen LogP) is 1.51. The van der Waals surface area contributed by atoms with Crippen molar-refractivity contribution in [3.05, 3.63) is 0 Å². The van der Waals surface area contributed by atoms with Crippen LogP contribution in [0.3, 0.4) is 0 Å². The molecule has 2 aliphatic heterocycles. The summed E-state index contributed by atoms with van der Waals surface area (Å²) < 4.78 is 5.58. The standard InChI is InChI=1S/C14H23NO4/c1-3-12-11(5-7-19-12)13(16)15-6-4-10(14(17)18)8-9(15)2/h9-12H,3-8H2,1-2H3,(H,17,18). The van der Waals surface area contributed by atoms with Gasteiger partial charge in [0.25, 0.3) is 0 Å². The molecule has 2 fully saturated rings. The molecule has 0 aromatic carbocycles. The summed E-state index contributed by atoms with van der Waals surface area (Å²) in [6.07, 6.45) is 2.82. The molecule has 0 spiro atoms. The third-order valence-electron chi connectivity index (χ3n) is 4.44. The van der Waals surface area contributed by atoms with Crippen LogP contribution in [0.1, 0.15) is 39.5 Å². The largest absolute Gasteiger partial charge is 0.481 e. The van der Waals surface area contributed by atoms with Gasteiger partial charge in [-0.3, -0.25) is 9.59 Å². The van der Waals surface area contributed by atoms with Crippen molar-refractivity contribution in [1.29, 1.82) is 0 Å². The average molecular weight is 269 g/mol. The third-order valence-corrected chi connectivity index (χ3v) is 4.44. The minimum Gasteiger partial charge on any atom is -0.481 e. The van der Waals surface area contributed by atoms with Gasteiger partial charge in [-0.15, -0.1) is 0 Å². The molecule has 0 aliphatic carbocycles. The van der Waals surface area contributed by atoms with Crippen LogP contribution >= 0.6 is 0 Å². The summed E-state index contributed by atoms with van der Waals surface area (Å²) >= 11 is 0. The summed E-state index contributed by atoms with van der Waals surface area (Å²) in [4.78, 5) is 25.4. The van der Waals surface area contributed by atoms with Crippen molar-refractivity contribution < 1.29 is 19.4 Å². The topological polar surface area (TPSA) is 66.8 Å². The van der Waals surface area contributed by atoms with Gasteiger partial charge in [0.05, 0.1) is 17.9 Å². The van der Waals surface area contributed by atoms with Crippen LogP contribution in [-0.4, -0.2) is 47.2 Å². The molecule has 0 radical (unpaired) electrons. The molecule has 2 rings (SSSR count). The molecule has 19 heavy (non-hydrogen) atoms. The molecule has 5 nitrogen and oxygen atoms in total. The number of nitrogens with zero attached hydrogens (tertiary/aromatic N) is 1. The van der Waals surface area contributed by atoms with E-state index < -0.39 is 5.97 Å². The first-order chi connectivity index (χ1) is 9.04. The number of carboxylic acids is 1. The molecular weight excluding hydrogens is 246 g/mol. The van der Waals surface area contributed by atoms with Crippen molar-refractivity contribution in [1.82, 2.24) is 4.90 Å². The number of piperidine rings is 1. The summed E-state index contributed by atoms with van der Waals surface area (Å²) in [6.45, 7) is 5.21. The second kappa shape index (κ2) is 5.90. The molecule has 1 amide bonds. The van der Waals surface area contributed by atoms with Gasteiger partial charge in [0.15, 0.2) is 0 Å². The van der Waals surface area contributed by atoms with Crippen LogP contribution in [0, 0.1) is 11.8 Å². The number of rotatable bonds is 3. The van der Waals surface area contributed by atoms with Gasteiger partial charge in [0, 0.05) is 19.2 Å². The molecule has 5 heteroatoms. The Kier molecular flexibility index (Phi) is 4.45. The highest BCUT2D eigenvalue weighted by Crippen LogP contribution is 2.30. The van der Waals surface area contributed by atoms with E-state index in [-0.39, 0.29) is 29.9 Å². The van der Waals surface area contributed by atoms with Crippen molar-refractivity contribution in [3.63, 3.8) is 0 Å². The van der Waals surface area contributed by atoms with Crippen molar-refractivity contribution in [2.45, 2.75) is 51.7 Å². The molecule has 4 atom stereocenters. The van der Waals surface area contributed by atoms with Gasteiger partial charge < -0.3 is 14.7 Å². The van der Waals surface area contributed by atoms with Gasteiger partial charge in [-0.2, -0.15) is 0 Å². The molecule has 1 N–H and O–H groups in total. The van der Waals surface area contributed by atoms with Crippen LogP contribution in [0.25, 0.3) is 0 Å². The van der Waals surface area contributed by atoms with Crippen molar-refractivity contribution in [3.8, 4) is 0 Å². The maximum atomic E-state index is 12.6. The molecule has 2 aliphatic rings. The van der Waals surface area contributed by atoms with Gasteiger partial charge >= 0.3 is 5.97 Å². The number of amides is 1. The van der Waals surface area contributed by atoms with E-state index in [2.05, 4.69) is 0 Å². The van der Waals surface area contributed by atoms with Crippen LogP contribution in [0.2, 0.25) is 0 Å². The van der Waals surface area contributed by atoms with E-state index in [1.165, 1.54) is 0 Å². The predicted molar refractivity (Wildman–Crippen MR) is 69.7 cm³/mol. The van der Waals surface area contributed by atoms with Crippen molar-refractivity contribution >= 4 is 11.9 Å². The maximum absolute atomic E-state index is 12.6. The number of carbonyl (C=O) groups is 2. The van der Waals surface area contributed by atoms with Crippen LogP contribution in [-0.2, 0) is 14.3 Å². The fraction of sp³-hybridized carbons (Fsp3) is 0.857. The Labute approximate surface area is 113 Å². The lowest BCUT2D eigenvalue weighted by molar-refractivity contribution is -0.149. The van der Waals surface area contributed by atoms with E-state index in [1.807, 2.05) is 18.7 Å². The number of likely N-dealkylation sites (tertiary alicyclic amines) is 1. The van der Waals surface area contributed by atoms with E-state index >= 15 is 0 Å². The number of carboxylic acid groups (broad SMARTS) is 1. The summed E-state index contributed by atoms with van der Waals surface area (Å²) in [5, 5.41) is 9.05. The Morgan fingerprint density at radius 3 is 2.68 bits per heavy atom. The first kappa shape index (κ1) is 14.3. The Morgan fingerprint density at radius 1 is 1.37 bits per heavy atom. The number of hydrogen-bond donors (Lipinski definition) is 1. The Bertz CT molecular complexity index is 357. The number of hydrogen-bond acceptors (Lipinski definition) is 3. The lowest BCUT2D eigenvalue weighted by atomic mass is 9.89. The highest BCUT2D eigenvalue weighted by molar-refractivity contribution is 5.80. The Hall–Kier alpha value is -1.10. The quantitative estimate of drug-likeness (QED) is 0.843. The van der Waals surface area contributed by atoms with Crippen molar-refractivity contribution in [2.75, 3.05) is 13.2 Å². The molecule has 108 valence electrons. The normalized spacial score (nSPS) is 35.4. The van der Waals surface area contributed by atoms with Crippen LogP contribution in [0.15, 0.2) is 0 Å². The Morgan fingerprint density at radius 2 is 2.11 bits per heavy atom. The van der Waals surface area contributed by atoms with E-state index in [0.717, 1.165) is 12.8 Å². The molecule has 4 unspecified atom stereocenters. The molecule has 0 aromatic rings. The monoisotopic (exact) mass is 269 g/mol. The van der Waals surface area contributed by atoms with Gasteiger partial charge in [0.1, 0.15) is 0 Å². The SMILES string of the molecule is CCC1OCCC1C(=O)N1CCC(C(=O)O)CC1C. The zero-order chi connectivity index (χ0) is 14.0. The lowest BCUT2D eigenvalue weighted by Crippen LogP contribution is -2.49. The first-order valence-corrected chi connectivity index (χ1v) is 7.19. The number of carbonyl (C=O) groups excluding carboxylic acids is 1. The lowest BCUT2D eigenvalue weighted by Gasteiger charge is -2.38. The minimum atomic E-state index is -0.741. The summed E-state index contributed by atoms with van der Waals surface area (Å²) in [5.74, 6) is -0.926. The molecule has 0 bridgehead atoms. The molecule has 2 heterocycles. The van der Waals surface area contributed by atoms with Gasteiger partial charge in [-0.1, -0.05) is 6.92 Å². The van der Waals surface area contributed by atoms with Gasteiger partial charge in [0.2, 0.25) is 5.91 Å². The highest BCUT2D eigenvalue weighted by Gasteiger charge is 2.39. The van der Waals surface area contributed by atoms with Crippen molar-refractivity contribution in [2.24, 2.45) is 11.8 Å². The third kappa shape index (κ3) is 2.91. The average Bonchev–Trinajstić information content (AvgIpc) is 2.85. The Balaban J connectivity index is 1.98. The van der Waals surface area contributed by atoms with Gasteiger partial charge in [-0.25, -0.2) is 0 Å². The smallest absolute Gasteiger partial charge is 0.306 e. The number of aliphatic carboxylic acids is 1. The molecule has 0 aromatic heterocycles.